The van der Waals surface area contributed by atoms with E-state index in [4.69, 9.17) is 9.47 Å². The number of carbonyl (C=O) groups excluding carboxylic acids is 3. The summed E-state index contributed by atoms with van der Waals surface area (Å²) >= 11 is 0. The minimum absolute atomic E-state index is 0.0210. The van der Waals surface area contributed by atoms with E-state index in [1.54, 1.807) is 60.7 Å². The van der Waals surface area contributed by atoms with Crippen molar-refractivity contribution in [1.29, 1.82) is 0 Å². The molecular formula is C28H25N3O7. The number of imide groups is 2. The summed E-state index contributed by atoms with van der Waals surface area (Å²) in [6.45, 7) is 2.76. The average molecular weight is 516 g/mol. The first kappa shape index (κ1) is 26.1. The monoisotopic (exact) mass is 515 g/mol. The lowest BCUT2D eigenvalue weighted by Gasteiger charge is -2.26. The number of nitrogens with zero attached hydrogens (tertiary/aromatic N) is 2. The molecule has 0 unspecified atom stereocenters. The maximum Gasteiger partial charge on any atom is 0.335 e. The van der Waals surface area contributed by atoms with Gasteiger partial charge in [-0.1, -0.05) is 37.6 Å². The summed E-state index contributed by atoms with van der Waals surface area (Å²) in [5, 5.41) is 13.1. The fourth-order valence-corrected chi connectivity index (χ4v) is 3.67. The van der Waals surface area contributed by atoms with Crippen molar-refractivity contribution in [3.05, 3.63) is 99.6 Å². The predicted molar refractivity (Wildman–Crippen MR) is 140 cm³/mol. The highest BCUT2D eigenvalue weighted by molar-refractivity contribution is 6.39. The molecule has 38 heavy (non-hydrogen) atoms. The molecule has 3 aromatic carbocycles. The van der Waals surface area contributed by atoms with Crippen molar-refractivity contribution in [3.63, 3.8) is 0 Å². The highest BCUT2D eigenvalue weighted by atomic mass is 16.6. The number of hydrogen-bond donors (Lipinski definition) is 1. The van der Waals surface area contributed by atoms with Crippen LogP contribution in [0.5, 0.6) is 11.5 Å². The maximum atomic E-state index is 13.1. The van der Waals surface area contributed by atoms with Gasteiger partial charge in [-0.2, -0.15) is 0 Å². The first-order chi connectivity index (χ1) is 18.4. The fourth-order valence-electron chi connectivity index (χ4n) is 3.67. The highest BCUT2D eigenvalue weighted by Crippen LogP contribution is 2.25. The van der Waals surface area contributed by atoms with Crippen LogP contribution in [-0.4, -0.2) is 29.4 Å². The molecule has 1 N–H and O–H groups in total. The van der Waals surface area contributed by atoms with Gasteiger partial charge in [0.15, 0.2) is 0 Å². The van der Waals surface area contributed by atoms with E-state index in [1.165, 1.54) is 18.2 Å². The molecule has 1 aliphatic heterocycles. The van der Waals surface area contributed by atoms with Gasteiger partial charge in [-0.05, 0) is 60.0 Å². The summed E-state index contributed by atoms with van der Waals surface area (Å²) in [4.78, 5) is 49.4. The van der Waals surface area contributed by atoms with Gasteiger partial charge in [0.1, 0.15) is 23.7 Å². The normalized spacial score (nSPS) is 14.4. The van der Waals surface area contributed by atoms with Crippen molar-refractivity contribution in [3.8, 4) is 11.5 Å². The molecule has 0 atom stereocenters. The zero-order valence-corrected chi connectivity index (χ0v) is 20.6. The number of hydrogen-bond acceptors (Lipinski definition) is 7. The van der Waals surface area contributed by atoms with Crippen molar-refractivity contribution in [2.45, 2.75) is 26.4 Å². The van der Waals surface area contributed by atoms with Gasteiger partial charge in [0, 0.05) is 12.1 Å². The van der Waals surface area contributed by atoms with Crippen LogP contribution in [0, 0.1) is 10.1 Å². The summed E-state index contributed by atoms with van der Waals surface area (Å²) in [6.07, 6.45) is 3.31. The second kappa shape index (κ2) is 11.8. The number of barbiturate groups is 1. The third-order valence-electron chi connectivity index (χ3n) is 5.68. The molecule has 0 aliphatic carbocycles. The Hall–Kier alpha value is -4.99. The van der Waals surface area contributed by atoms with E-state index in [0.29, 0.717) is 34.9 Å². The van der Waals surface area contributed by atoms with E-state index < -0.39 is 22.8 Å². The van der Waals surface area contributed by atoms with Gasteiger partial charge in [0.25, 0.3) is 17.5 Å². The molecule has 0 bridgehead atoms. The van der Waals surface area contributed by atoms with Crippen LogP contribution >= 0.6 is 0 Å². The number of unbranched alkanes of at least 4 members (excludes halogenated alkanes) is 1. The van der Waals surface area contributed by atoms with Gasteiger partial charge >= 0.3 is 6.03 Å². The highest BCUT2D eigenvalue weighted by Gasteiger charge is 2.36. The first-order valence-corrected chi connectivity index (χ1v) is 12.0. The number of anilines is 1. The Morgan fingerprint density at radius 2 is 1.63 bits per heavy atom. The number of ether oxygens (including phenoxy) is 2. The second-order valence-corrected chi connectivity index (χ2v) is 8.44. The van der Waals surface area contributed by atoms with Crippen molar-refractivity contribution in [2.75, 3.05) is 11.5 Å². The molecule has 3 aromatic rings. The molecule has 0 saturated carbocycles. The number of nitro groups is 1. The lowest BCUT2D eigenvalue weighted by molar-refractivity contribution is -0.384. The molecule has 0 aromatic heterocycles. The van der Waals surface area contributed by atoms with Crippen molar-refractivity contribution >= 4 is 35.3 Å². The van der Waals surface area contributed by atoms with Gasteiger partial charge in [-0.25, -0.2) is 9.69 Å². The van der Waals surface area contributed by atoms with E-state index >= 15 is 0 Å². The number of rotatable bonds is 10. The van der Waals surface area contributed by atoms with Crippen LogP contribution in [0.25, 0.3) is 6.08 Å². The molecule has 0 spiro atoms. The minimum atomic E-state index is -0.832. The smallest absolute Gasteiger partial charge is 0.335 e. The number of benzene rings is 3. The number of carbonyl (C=O) groups is 3. The Morgan fingerprint density at radius 3 is 2.32 bits per heavy atom. The second-order valence-electron chi connectivity index (χ2n) is 8.44. The molecule has 0 radical (unpaired) electrons. The third-order valence-corrected chi connectivity index (χ3v) is 5.68. The third kappa shape index (κ3) is 6.22. The van der Waals surface area contributed by atoms with E-state index in [2.05, 4.69) is 12.2 Å². The zero-order chi connectivity index (χ0) is 27.1. The molecule has 4 rings (SSSR count). The van der Waals surface area contributed by atoms with Gasteiger partial charge in [0.05, 0.1) is 17.2 Å². The molecule has 4 amide bonds. The SMILES string of the molecule is CCCCOc1ccc(N2C(=O)NC(=O)/C(=C/c3ccc(OCc4cccc([N+](=O)[O-])c4)cc3)C2=O)cc1. The van der Waals surface area contributed by atoms with E-state index in [9.17, 15) is 24.5 Å². The summed E-state index contributed by atoms with van der Waals surface area (Å²) in [6, 6.07) is 18.4. The average Bonchev–Trinajstić information content (AvgIpc) is 2.91. The molecule has 1 fully saturated rings. The molecule has 10 nitrogen and oxygen atoms in total. The van der Waals surface area contributed by atoms with Gasteiger partial charge in [-0.15, -0.1) is 0 Å². The zero-order valence-electron chi connectivity index (χ0n) is 20.6. The predicted octanol–water partition coefficient (Wildman–Crippen LogP) is 5.02. The van der Waals surface area contributed by atoms with Crippen LogP contribution in [0.2, 0.25) is 0 Å². The number of nitro benzene ring substituents is 1. The Bertz CT molecular complexity index is 1380. The molecular weight excluding hydrogens is 490 g/mol. The largest absolute Gasteiger partial charge is 0.494 e. The Morgan fingerprint density at radius 1 is 0.947 bits per heavy atom. The van der Waals surface area contributed by atoms with Gasteiger partial charge in [-0.3, -0.25) is 25.0 Å². The van der Waals surface area contributed by atoms with Crippen LogP contribution in [0.4, 0.5) is 16.2 Å². The number of amides is 4. The summed E-state index contributed by atoms with van der Waals surface area (Å²) in [7, 11) is 0. The molecule has 1 heterocycles. The van der Waals surface area contributed by atoms with Crippen molar-refractivity contribution < 1.29 is 28.8 Å². The summed E-state index contributed by atoms with van der Waals surface area (Å²) < 4.78 is 11.3. The minimum Gasteiger partial charge on any atom is -0.494 e. The Balaban J connectivity index is 1.45. The Kier molecular flexibility index (Phi) is 8.12. The van der Waals surface area contributed by atoms with Crippen molar-refractivity contribution in [1.82, 2.24) is 5.32 Å². The summed E-state index contributed by atoms with van der Waals surface area (Å²) in [5.41, 5.74) is 1.27. The van der Waals surface area contributed by atoms with Gasteiger partial charge < -0.3 is 9.47 Å². The van der Waals surface area contributed by atoms with E-state index in [0.717, 1.165) is 17.7 Å². The lowest BCUT2D eigenvalue weighted by atomic mass is 10.1. The fraction of sp³-hybridized carbons (Fsp3) is 0.179. The molecule has 1 aliphatic rings. The van der Waals surface area contributed by atoms with Crippen LogP contribution in [0.15, 0.2) is 78.4 Å². The van der Waals surface area contributed by atoms with E-state index in [-0.39, 0.29) is 17.9 Å². The van der Waals surface area contributed by atoms with Crippen LogP contribution < -0.4 is 19.7 Å². The molecule has 1 saturated heterocycles. The first-order valence-electron chi connectivity index (χ1n) is 12.0. The van der Waals surface area contributed by atoms with Crippen LogP contribution in [-0.2, 0) is 16.2 Å². The lowest BCUT2D eigenvalue weighted by Crippen LogP contribution is -2.54. The maximum absolute atomic E-state index is 13.1. The number of nitrogens with one attached hydrogen (secondary N) is 1. The molecule has 10 heteroatoms. The Labute approximate surface area is 218 Å². The topological polar surface area (TPSA) is 128 Å². The van der Waals surface area contributed by atoms with E-state index in [1.807, 2.05) is 0 Å². The van der Waals surface area contributed by atoms with Crippen LogP contribution in [0.3, 0.4) is 0 Å². The number of urea groups is 1. The van der Waals surface area contributed by atoms with Gasteiger partial charge in [0.2, 0.25) is 0 Å². The quantitative estimate of drug-likeness (QED) is 0.132. The van der Waals surface area contributed by atoms with Crippen LogP contribution in [0.1, 0.15) is 30.9 Å². The summed E-state index contributed by atoms with van der Waals surface area (Å²) in [5.74, 6) is -0.422. The molecule has 194 valence electrons. The van der Waals surface area contributed by atoms with Crippen molar-refractivity contribution in [2.24, 2.45) is 0 Å². The standard InChI is InChI=1S/C28H25N3O7/c1-2-3-15-37-23-13-9-21(10-14-23)30-27(33)25(26(32)29-28(30)34)17-19-7-11-24(12-8-19)38-18-20-5-4-6-22(16-20)31(35)36/h4-14,16-17H,2-3,15,18H2,1H3,(H,29,32,34)/b25-17-. The number of non-ortho nitro benzene ring substituents is 1.